The summed E-state index contributed by atoms with van der Waals surface area (Å²) in [6.07, 6.45) is 0.848. The molecule has 0 radical (unpaired) electrons. The summed E-state index contributed by atoms with van der Waals surface area (Å²) in [7, 11) is 0. The van der Waals surface area contributed by atoms with E-state index >= 15 is 0 Å². The summed E-state index contributed by atoms with van der Waals surface area (Å²) < 4.78 is 0. The second-order valence-electron chi connectivity index (χ2n) is 3.20. The van der Waals surface area contributed by atoms with Crippen LogP contribution in [-0.4, -0.2) is 17.5 Å². The molecule has 2 rings (SSSR count). The molecule has 1 aliphatic heterocycles. The zero-order valence-electron chi connectivity index (χ0n) is 7.16. The molecule has 1 aromatic carbocycles. The summed E-state index contributed by atoms with van der Waals surface area (Å²) in [6.45, 7) is 0.261. The van der Waals surface area contributed by atoms with Crippen LogP contribution >= 0.6 is 23.4 Å². The van der Waals surface area contributed by atoms with Crippen molar-refractivity contribution in [2.75, 3.05) is 12.4 Å². The Morgan fingerprint density at radius 3 is 3.15 bits per heavy atom. The zero-order chi connectivity index (χ0) is 9.26. The highest BCUT2D eigenvalue weighted by atomic mass is 35.5. The van der Waals surface area contributed by atoms with Crippen LogP contribution in [0.4, 0.5) is 0 Å². The van der Waals surface area contributed by atoms with Crippen molar-refractivity contribution < 1.29 is 5.11 Å². The highest BCUT2D eigenvalue weighted by molar-refractivity contribution is 7.99. The van der Waals surface area contributed by atoms with Gasteiger partial charge >= 0.3 is 0 Å². The van der Waals surface area contributed by atoms with E-state index in [1.165, 1.54) is 10.5 Å². The zero-order valence-corrected chi connectivity index (χ0v) is 8.74. The number of halogens is 1. The number of fused-ring (bicyclic) bond motifs is 1. The number of rotatable bonds is 2. The molecule has 1 heterocycles. The number of thioether (sulfide) groups is 1. The molecule has 13 heavy (non-hydrogen) atoms. The number of aliphatic hydroxyl groups excluding tert-OH is 1. The number of benzene rings is 1. The number of aliphatic hydroxyl groups is 1. The third kappa shape index (κ3) is 1.85. The summed E-state index contributed by atoms with van der Waals surface area (Å²) in [5.41, 5.74) is 1.31. The Hall–Kier alpha value is -0.180. The van der Waals surface area contributed by atoms with Crippen molar-refractivity contribution in [3.63, 3.8) is 0 Å². The van der Waals surface area contributed by atoms with Crippen LogP contribution in [0.5, 0.6) is 0 Å². The molecule has 1 aliphatic rings. The molecule has 3 heteroatoms. The predicted octanol–water partition coefficient (Wildman–Crippen LogP) is 2.91. The Balaban J connectivity index is 2.29. The maximum atomic E-state index is 8.88. The van der Waals surface area contributed by atoms with E-state index in [9.17, 15) is 0 Å². The normalized spacial score (nSPS) is 20.3. The molecule has 0 aliphatic carbocycles. The molecule has 1 N–H and O–H groups in total. The van der Waals surface area contributed by atoms with Crippen molar-refractivity contribution in [1.29, 1.82) is 0 Å². The quantitative estimate of drug-likeness (QED) is 0.817. The van der Waals surface area contributed by atoms with E-state index in [1.54, 1.807) is 0 Å². The molecule has 1 unspecified atom stereocenters. The largest absolute Gasteiger partial charge is 0.396 e. The molecule has 0 aromatic heterocycles. The van der Waals surface area contributed by atoms with Gasteiger partial charge in [-0.3, -0.25) is 0 Å². The number of hydrogen-bond donors (Lipinski definition) is 1. The first-order valence-electron chi connectivity index (χ1n) is 4.34. The van der Waals surface area contributed by atoms with Crippen molar-refractivity contribution >= 4 is 23.4 Å². The van der Waals surface area contributed by atoms with Gasteiger partial charge in [0.25, 0.3) is 0 Å². The van der Waals surface area contributed by atoms with Gasteiger partial charge in [-0.15, -0.1) is 11.8 Å². The van der Waals surface area contributed by atoms with E-state index in [4.69, 9.17) is 16.7 Å². The van der Waals surface area contributed by atoms with Gasteiger partial charge in [-0.1, -0.05) is 11.6 Å². The molecule has 0 saturated heterocycles. The standard InChI is InChI=1S/C10H11ClOS/c11-8-1-2-10-9(5-8)7(3-4-12)6-13-10/h1-2,5,7,12H,3-4,6H2. The molecule has 70 valence electrons. The fourth-order valence-corrected chi connectivity index (χ4v) is 3.11. The molecular formula is C10H11ClOS. The molecule has 0 spiro atoms. The topological polar surface area (TPSA) is 20.2 Å². The minimum Gasteiger partial charge on any atom is -0.396 e. The second-order valence-corrected chi connectivity index (χ2v) is 4.70. The van der Waals surface area contributed by atoms with Crippen LogP contribution in [0.15, 0.2) is 23.1 Å². The second kappa shape index (κ2) is 3.91. The molecule has 0 amide bonds. The SMILES string of the molecule is OCCC1CSc2ccc(Cl)cc21. The lowest BCUT2D eigenvalue weighted by Crippen LogP contribution is -1.99. The lowest BCUT2D eigenvalue weighted by Gasteiger charge is -2.07. The van der Waals surface area contributed by atoms with Crippen molar-refractivity contribution in [2.45, 2.75) is 17.2 Å². The first-order chi connectivity index (χ1) is 6.31. The van der Waals surface area contributed by atoms with Crippen molar-refractivity contribution in [2.24, 2.45) is 0 Å². The third-order valence-corrected chi connectivity index (χ3v) is 3.82. The van der Waals surface area contributed by atoms with Crippen molar-refractivity contribution in [1.82, 2.24) is 0 Å². The van der Waals surface area contributed by atoms with E-state index < -0.39 is 0 Å². The van der Waals surface area contributed by atoms with Gasteiger partial charge in [-0.25, -0.2) is 0 Å². The summed E-state index contributed by atoms with van der Waals surface area (Å²) >= 11 is 7.77. The van der Waals surface area contributed by atoms with Crippen molar-refractivity contribution in [3.05, 3.63) is 28.8 Å². The van der Waals surface area contributed by atoms with Gasteiger partial charge in [-0.2, -0.15) is 0 Å². The van der Waals surface area contributed by atoms with E-state index in [0.717, 1.165) is 17.2 Å². The van der Waals surface area contributed by atoms with Gasteiger partial charge in [0.05, 0.1) is 0 Å². The molecule has 0 bridgehead atoms. The molecule has 0 saturated carbocycles. The van der Waals surface area contributed by atoms with Crippen LogP contribution in [-0.2, 0) is 0 Å². The van der Waals surface area contributed by atoms with E-state index in [2.05, 4.69) is 6.07 Å². The van der Waals surface area contributed by atoms with E-state index in [1.807, 2.05) is 23.9 Å². The average molecular weight is 215 g/mol. The summed E-state index contributed by atoms with van der Waals surface area (Å²) in [5, 5.41) is 9.67. The smallest absolute Gasteiger partial charge is 0.0437 e. The first kappa shape index (κ1) is 9.38. The van der Waals surface area contributed by atoms with E-state index in [-0.39, 0.29) is 6.61 Å². The van der Waals surface area contributed by atoms with Gasteiger partial charge in [-0.05, 0) is 36.1 Å². The van der Waals surface area contributed by atoms with E-state index in [0.29, 0.717) is 5.92 Å². The maximum Gasteiger partial charge on any atom is 0.0437 e. The highest BCUT2D eigenvalue weighted by Gasteiger charge is 2.22. The molecular weight excluding hydrogens is 204 g/mol. The van der Waals surface area contributed by atoms with Gasteiger partial charge in [0.2, 0.25) is 0 Å². The lowest BCUT2D eigenvalue weighted by atomic mass is 9.98. The highest BCUT2D eigenvalue weighted by Crippen LogP contribution is 2.41. The molecule has 1 nitrogen and oxygen atoms in total. The Kier molecular flexibility index (Phi) is 2.82. The van der Waals surface area contributed by atoms with Crippen LogP contribution in [0.1, 0.15) is 17.9 Å². The summed E-state index contributed by atoms with van der Waals surface area (Å²) in [5.74, 6) is 1.57. The van der Waals surface area contributed by atoms with Crippen LogP contribution in [0.3, 0.4) is 0 Å². The predicted molar refractivity (Wildman–Crippen MR) is 56.6 cm³/mol. The van der Waals surface area contributed by atoms with Crippen LogP contribution in [0, 0.1) is 0 Å². The Labute approximate surface area is 87.1 Å². The third-order valence-electron chi connectivity index (χ3n) is 2.33. The monoisotopic (exact) mass is 214 g/mol. The average Bonchev–Trinajstić information content (AvgIpc) is 2.49. The van der Waals surface area contributed by atoms with Gasteiger partial charge in [0, 0.05) is 22.3 Å². The van der Waals surface area contributed by atoms with Gasteiger partial charge in [0.15, 0.2) is 0 Å². The Morgan fingerprint density at radius 1 is 1.54 bits per heavy atom. The molecule has 0 fully saturated rings. The maximum absolute atomic E-state index is 8.88. The fourth-order valence-electron chi connectivity index (χ4n) is 1.64. The summed E-state index contributed by atoms with van der Waals surface area (Å²) in [4.78, 5) is 1.32. The Bertz CT molecular complexity index is 312. The first-order valence-corrected chi connectivity index (χ1v) is 5.70. The lowest BCUT2D eigenvalue weighted by molar-refractivity contribution is 0.279. The van der Waals surface area contributed by atoms with Crippen LogP contribution in [0.25, 0.3) is 0 Å². The minimum atomic E-state index is 0.261. The molecule has 1 aromatic rings. The minimum absolute atomic E-state index is 0.261. The Morgan fingerprint density at radius 2 is 2.38 bits per heavy atom. The fraction of sp³-hybridized carbons (Fsp3) is 0.400. The van der Waals surface area contributed by atoms with Crippen LogP contribution in [0.2, 0.25) is 5.02 Å². The molecule has 1 atom stereocenters. The van der Waals surface area contributed by atoms with Crippen molar-refractivity contribution in [3.8, 4) is 0 Å². The number of hydrogen-bond acceptors (Lipinski definition) is 2. The summed E-state index contributed by atoms with van der Waals surface area (Å²) in [6, 6.07) is 6.02. The van der Waals surface area contributed by atoms with Crippen LogP contribution < -0.4 is 0 Å². The van der Waals surface area contributed by atoms with Gasteiger partial charge < -0.3 is 5.11 Å². The van der Waals surface area contributed by atoms with Gasteiger partial charge in [0.1, 0.15) is 0 Å².